The second-order valence-corrected chi connectivity index (χ2v) is 3.51. The fraction of sp³-hybridized carbons (Fsp3) is 1.00. The van der Waals surface area contributed by atoms with Crippen LogP contribution in [0.4, 0.5) is 0 Å². The summed E-state index contributed by atoms with van der Waals surface area (Å²) >= 11 is 0. The predicted octanol–water partition coefficient (Wildman–Crippen LogP) is 3.13. The Morgan fingerprint density at radius 3 is 2.45 bits per heavy atom. The molecule has 1 heterocycles. The molecule has 0 radical (unpaired) electrons. The van der Waals surface area contributed by atoms with E-state index in [-0.39, 0.29) is 0 Å². The van der Waals surface area contributed by atoms with Gasteiger partial charge in [0.2, 0.25) is 0 Å². The Morgan fingerprint density at radius 1 is 1.18 bits per heavy atom. The monoisotopic (exact) mass is 156 g/mol. The fourth-order valence-electron chi connectivity index (χ4n) is 1.72. The molecule has 0 saturated carbocycles. The number of unbranched alkanes of at least 4 members (excludes halogenated alkanes) is 1. The third kappa shape index (κ3) is 2.82. The lowest BCUT2D eigenvalue weighted by atomic mass is 10.1. The van der Waals surface area contributed by atoms with E-state index in [4.69, 9.17) is 4.74 Å². The zero-order chi connectivity index (χ0) is 8.10. The van der Waals surface area contributed by atoms with Gasteiger partial charge in [0.1, 0.15) is 0 Å². The van der Waals surface area contributed by atoms with Crippen molar-refractivity contribution < 1.29 is 4.74 Å². The largest absolute Gasteiger partial charge is 0.375 e. The maximum atomic E-state index is 5.81. The zero-order valence-electron chi connectivity index (χ0n) is 7.81. The molecule has 1 aliphatic rings. The lowest BCUT2D eigenvalue weighted by Crippen LogP contribution is -2.09. The second kappa shape index (κ2) is 4.76. The Bertz CT molecular complexity index is 101. The van der Waals surface area contributed by atoms with E-state index in [1.165, 1.54) is 38.5 Å². The van der Waals surface area contributed by atoms with Crippen molar-refractivity contribution in [3.63, 3.8) is 0 Å². The minimum absolute atomic E-state index is 0.580. The Balaban J connectivity index is 2.09. The fourth-order valence-corrected chi connectivity index (χ4v) is 1.72. The van der Waals surface area contributed by atoms with Gasteiger partial charge in [-0.1, -0.05) is 26.7 Å². The topological polar surface area (TPSA) is 9.23 Å². The number of ether oxygens (including phenoxy) is 1. The summed E-state index contributed by atoms with van der Waals surface area (Å²) in [6, 6.07) is 0. The molecule has 0 aromatic carbocycles. The van der Waals surface area contributed by atoms with Gasteiger partial charge in [0.05, 0.1) is 12.2 Å². The molecule has 1 heteroatoms. The smallest absolute Gasteiger partial charge is 0.0579 e. The van der Waals surface area contributed by atoms with Crippen molar-refractivity contribution in [1.82, 2.24) is 0 Å². The van der Waals surface area contributed by atoms with E-state index >= 15 is 0 Å². The van der Waals surface area contributed by atoms with Gasteiger partial charge < -0.3 is 4.74 Å². The standard InChI is InChI=1S/C10H20O/c1-3-5-6-10-8-7-9(4-2)11-10/h9-10H,3-8H2,1-2H3. The van der Waals surface area contributed by atoms with Crippen molar-refractivity contribution in [2.45, 2.75) is 64.6 Å². The van der Waals surface area contributed by atoms with Crippen molar-refractivity contribution in [2.24, 2.45) is 0 Å². The molecule has 0 aromatic heterocycles. The van der Waals surface area contributed by atoms with Crippen LogP contribution in [0.5, 0.6) is 0 Å². The minimum atomic E-state index is 0.580. The Labute approximate surface area is 70.1 Å². The molecule has 11 heavy (non-hydrogen) atoms. The summed E-state index contributed by atoms with van der Waals surface area (Å²) in [5.41, 5.74) is 0. The highest BCUT2D eigenvalue weighted by Crippen LogP contribution is 2.24. The van der Waals surface area contributed by atoms with Gasteiger partial charge in [-0.25, -0.2) is 0 Å². The van der Waals surface area contributed by atoms with Gasteiger partial charge in [-0.3, -0.25) is 0 Å². The van der Waals surface area contributed by atoms with Gasteiger partial charge >= 0.3 is 0 Å². The van der Waals surface area contributed by atoms with E-state index in [1.807, 2.05) is 0 Å². The van der Waals surface area contributed by atoms with Crippen LogP contribution >= 0.6 is 0 Å². The first kappa shape index (κ1) is 9.05. The van der Waals surface area contributed by atoms with Crippen LogP contribution in [0.2, 0.25) is 0 Å². The molecule has 1 saturated heterocycles. The second-order valence-electron chi connectivity index (χ2n) is 3.51. The summed E-state index contributed by atoms with van der Waals surface area (Å²) in [6.07, 6.45) is 8.90. The molecular formula is C10H20O. The van der Waals surface area contributed by atoms with Gasteiger partial charge in [-0.15, -0.1) is 0 Å². The number of hydrogen-bond donors (Lipinski definition) is 0. The van der Waals surface area contributed by atoms with Gasteiger partial charge in [0, 0.05) is 0 Å². The van der Waals surface area contributed by atoms with E-state index in [9.17, 15) is 0 Å². The molecule has 66 valence electrons. The van der Waals surface area contributed by atoms with Crippen molar-refractivity contribution in [3.05, 3.63) is 0 Å². The quantitative estimate of drug-likeness (QED) is 0.607. The summed E-state index contributed by atoms with van der Waals surface area (Å²) in [4.78, 5) is 0. The molecule has 0 N–H and O–H groups in total. The minimum Gasteiger partial charge on any atom is -0.375 e. The highest BCUT2D eigenvalue weighted by Gasteiger charge is 2.22. The van der Waals surface area contributed by atoms with Crippen molar-refractivity contribution in [1.29, 1.82) is 0 Å². The molecule has 0 aromatic rings. The van der Waals surface area contributed by atoms with Crippen molar-refractivity contribution in [2.75, 3.05) is 0 Å². The SMILES string of the molecule is CCCCC1CCC(CC)O1. The highest BCUT2D eigenvalue weighted by molar-refractivity contribution is 4.72. The molecule has 1 rings (SSSR count). The summed E-state index contributed by atoms with van der Waals surface area (Å²) in [6.45, 7) is 4.46. The maximum Gasteiger partial charge on any atom is 0.0579 e. The van der Waals surface area contributed by atoms with Crippen molar-refractivity contribution in [3.8, 4) is 0 Å². The van der Waals surface area contributed by atoms with Gasteiger partial charge in [0.25, 0.3) is 0 Å². The zero-order valence-corrected chi connectivity index (χ0v) is 7.81. The summed E-state index contributed by atoms with van der Waals surface area (Å²) in [5.74, 6) is 0. The van der Waals surface area contributed by atoms with Crippen LogP contribution in [-0.4, -0.2) is 12.2 Å². The van der Waals surface area contributed by atoms with Gasteiger partial charge in [-0.05, 0) is 25.7 Å². The van der Waals surface area contributed by atoms with Crippen LogP contribution in [0.1, 0.15) is 52.4 Å². The van der Waals surface area contributed by atoms with E-state index < -0.39 is 0 Å². The van der Waals surface area contributed by atoms with Crippen molar-refractivity contribution >= 4 is 0 Å². The predicted molar refractivity (Wildman–Crippen MR) is 47.7 cm³/mol. The summed E-state index contributed by atoms with van der Waals surface area (Å²) in [7, 11) is 0. The third-order valence-corrected chi connectivity index (χ3v) is 2.53. The molecule has 0 spiro atoms. The first-order valence-corrected chi connectivity index (χ1v) is 5.02. The lowest BCUT2D eigenvalue weighted by molar-refractivity contribution is 0.0377. The first-order chi connectivity index (χ1) is 5.36. The average molecular weight is 156 g/mol. The summed E-state index contributed by atoms with van der Waals surface area (Å²) < 4.78 is 5.81. The van der Waals surface area contributed by atoms with E-state index in [1.54, 1.807) is 0 Å². The molecule has 1 fully saturated rings. The third-order valence-electron chi connectivity index (χ3n) is 2.53. The van der Waals surface area contributed by atoms with Gasteiger partial charge in [0.15, 0.2) is 0 Å². The molecule has 1 nitrogen and oxygen atoms in total. The van der Waals surface area contributed by atoms with Crippen LogP contribution < -0.4 is 0 Å². The highest BCUT2D eigenvalue weighted by atomic mass is 16.5. The van der Waals surface area contributed by atoms with Crippen LogP contribution in [0.15, 0.2) is 0 Å². The first-order valence-electron chi connectivity index (χ1n) is 5.02. The van der Waals surface area contributed by atoms with E-state index in [0.717, 1.165) is 0 Å². The van der Waals surface area contributed by atoms with E-state index in [0.29, 0.717) is 12.2 Å². The summed E-state index contributed by atoms with van der Waals surface area (Å²) in [5, 5.41) is 0. The van der Waals surface area contributed by atoms with Crippen LogP contribution in [-0.2, 0) is 4.74 Å². The molecular weight excluding hydrogens is 136 g/mol. The molecule has 2 atom stereocenters. The van der Waals surface area contributed by atoms with Gasteiger partial charge in [-0.2, -0.15) is 0 Å². The molecule has 2 unspecified atom stereocenters. The normalized spacial score (nSPS) is 31.1. The Hall–Kier alpha value is -0.0400. The molecule has 0 bridgehead atoms. The number of hydrogen-bond acceptors (Lipinski definition) is 1. The van der Waals surface area contributed by atoms with Crippen LogP contribution in [0, 0.1) is 0 Å². The molecule has 0 aliphatic carbocycles. The lowest BCUT2D eigenvalue weighted by Gasteiger charge is -2.10. The molecule has 1 aliphatic heterocycles. The van der Waals surface area contributed by atoms with E-state index in [2.05, 4.69) is 13.8 Å². The Morgan fingerprint density at radius 2 is 1.91 bits per heavy atom. The number of rotatable bonds is 4. The maximum absolute atomic E-state index is 5.81. The van der Waals surface area contributed by atoms with Crippen LogP contribution in [0.25, 0.3) is 0 Å². The average Bonchev–Trinajstić information content (AvgIpc) is 2.48. The Kier molecular flexibility index (Phi) is 3.92. The van der Waals surface area contributed by atoms with Crippen LogP contribution in [0.3, 0.4) is 0 Å². The molecule has 0 amide bonds.